The number of unbranched alkanes of at least 4 members (excludes halogenated alkanes) is 1. The van der Waals surface area contributed by atoms with Crippen LogP contribution in [0.1, 0.15) is 19.8 Å². The molecule has 0 amide bonds. The number of ether oxygens (including phenoxy) is 1. The molecule has 82 valence electrons. The summed E-state index contributed by atoms with van der Waals surface area (Å²) in [6.07, 6.45) is 6.56. The normalized spacial score (nSPS) is 9.93. The first-order valence-electron chi connectivity index (χ1n) is 4.77. The molecule has 0 saturated carbocycles. The van der Waals surface area contributed by atoms with Gasteiger partial charge in [-0.15, -0.1) is 0 Å². The minimum Gasteiger partial charge on any atom is -0.462 e. The zero-order valence-electron chi connectivity index (χ0n) is 8.99. The maximum absolute atomic E-state index is 11.2. The van der Waals surface area contributed by atoms with E-state index in [4.69, 9.17) is 4.74 Å². The SMILES string of the molecule is C=CC(=O)C(=C)C(=O)OCCCC=CC. The van der Waals surface area contributed by atoms with Gasteiger partial charge in [-0.25, -0.2) is 4.79 Å². The van der Waals surface area contributed by atoms with E-state index >= 15 is 0 Å². The van der Waals surface area contributed by atoms with Crippen LogP contribution < -0.4 is 0 Å². The van der Waals surface area contributed by atoms with Gasteiger partial charge in [0.15, 0.2) is 5.78 Å². The number of esters is 1. The molecule has 15 heavy (non-hydrogen) atoms. The lowest BCUT2D eigenvalue weighted by molar-refractivity contribution is -0.140. The summed E-state index contributed by atoms with van der Waals surface area (Å²) in [4.78, 5) is 22.1. The van der Waals surface area contributed by atoms with Crippen molar-refractivity contribution in [3.05, 3.63) is 37.0 Å². The fourth-order valence-electron chi connectivity index (χ4n) is 0.844. The molecule has 0 fully saturated rings. The molecule has 0 atom stereocenters. The van der Waals surface area contributed by atoms with Crippen LogP contribution in [0.25, 0.3) is 0 Å². The van der Waals surface area contributed by atoms with Gasteiger partial charge in [0.25, 0.3) is 0 Å². The molecule has 0 unspecified atom stereocenters. The van der Waals surface area contributed by atoms with Gasteiger partial charge in [-0.1, -0.05) is 25.3 Å². The van der Waals surface area contributed by atoms with E-state index in [1.807, 2.05) is 19.1 Å². The van der Waals surface area contributed by atoms with Crippen molar-refractivity contribution < 1.29 is 14.3 Å². The highest BCUT2D eigenvalue weighted by Crippen LogP contribution is 1.99. The second-order valence-electron chi connectivity index (χ2n) is 2.89. The van der Waals surface area contributed by atoms with E-state index in [2.05, 4.69) is 13.2 Å². The first-order chi connectivity index (χ1) is 7.13. The summed E-state index contributed by atoms with van der Waals surface area (Å²) in [6.45, 7) is 8.81. The molecule has 0 aromatic heterocycles. The highest BCUT2D eigenvalue weighted by Gasteiger charge is 2.13. The van der Waals surface area contributed by atoms with Crippen LogP contribution in [0.4, 0.5) is 0 Å². The molecule has 0 heterocycles. The fraction of sp³-hybridized carbons (Fsp3) is 0.333. The number of carbonyl (C=O) groups is 2. The first-order valence-corrected chi connectivity index (χ1v) is 4.77. The summed E-state index contributed by atoms with van der Waals surface area (Å²) in [7, 11) is 0. The molecule has 0 aliphatic carbocycles. The van der Waals surface area contributed by atoms with E-state index in [0.29, 0.717) is 6.61 Å². The van der Waals surface area contributed by atoms with Crippen LogP contribution in [-0.4, -0.2) is 18.4 Å². The molecular formula is C12H16O3. The minimum atomic E-state index is -0.666. The maximum Gasteiger partial charge on any atom is 0.341 e. The Morgan fingerprint density at radius 1 is 1.40 bits per heavy atom. The van der Waals surface area contributed by atoms with E-state index in [0.717, 1.165) is 18.9 Å². The summed E-state index contributed by atoms with van der Waals surface area (Å²) >= 11 is 0. The molecule has 0 saturated heterocycles. The molecular weight excluding hydrogens is 192 g/mol. The van der Waals surface area contributed by atoms with Gasteiger partial charge in [0.1, 0.15) is 0 Å². The maximum atomic E-state index is 11.2. The van der Waals surface area contributed by atoms with Gasteiger partial charge in [-0.3, -0.25) is 4.79 Å². The van der Waals surface area contributed by atoms with E-state index in [1.165, 1.54) is 0 Å². The number of hydrogen-bond acceptors (Lipinski definition) is 3. The first kappa shape index (κ1) is 13.4. The van der Waals surface area contributed by atoms with Crippen molar-refractivity contribution in [2.24, 2.45) is 0 Å². The predicted molar refractivity (Wildman–Crippen MR) is 59.4 cm³/mol. The van der Waals surface area contributed by atoms with Gasteiger partial charge >= 0.3 is 5.97 Å². The van der Waals surface area contributed by atoms with Crippen LogP contribution in [0.5, 0.6) is 0 Å². The number of rotatable bonds is 7. The summed E-state index contributed by atoms with van der Waals surface area (Å²) in [5, 5.41) is 0. The van der Waals surface area contributed by atoms with Crippen LogP contribution in [0, 0.1) is 0 Å². The van der Waals surface area contributed by atoms with Crippen molar-refractivity contribution in [3.8, 4) is 0 Å². The standard InChI is InChI=1S/C12H16O3/c1-4-6-7-8-9-15-12(14)10(3)11(13)5-2/h4-6H,2-3,7-9H2,1H3. The van der Waals surface area contributed by atoms with Gasteiger partial charge in [-0.05, 0) is 25.8 Å². The van der Waals surface area contributed by atoms with Crippen molar-refractivity contribution in [1.82, 2.24) is 0 Å². The van der Waals surface area contributed by atoms with E-state index in [-0.39, 0.29) is 5.57 Å². The summed E-state index contributed by atoms with van der Waals surface area (Å²) in [5.41, 5.74) is -0.170. The number of allylic oxidation sites excluding steroid dienone is 3. The quantitative estimate of drug-likeness (QED) is 0.161. The average Bonchev–Trinajstić information content (AvgIpc) is 2.26. The fourth-order valence-corrected chi connectivity index (χ4v) is 0.844. The molecule has 0 aromatic carbocycles. The Kier molecular flexibility index (Phi) is 6.89. The zero-order valence-corrected chi connectivity index (χ0v) is 8.99. The minimum absolute atomic E-state index is 0.170. The lowest BCUT2D eigenvalue weighted by atomic mass is 10.2. The van der Waals surface area contributed by atoms with Crippen molar-refractivity contribution >= 4 is 11.8 Å². The van der Waals surface area contributed by atoms with Gasteiger partial charge in [0.05, 0.1) is 12.2 Å². The third-order valence-electron chi connectivity index (χ3n) is 1.71. The second-order valence-corrected chi connectivity index (χ2v) is 2.89. The Labute approximate surface area is 90.1 Å². The Morgan fingerprint density at radius 3 is 2.60 bits per heavy atom. The number of hydrogen-bond donors (Lipinski definition) is 0. The van der Waals surface area contributed by atoms with E-state index in [9.17, 15) is 9.59 Å². The number of carbonyl (C=O) groups excluding carboxylic acids is 2. The Morgan fingerprint density at radius 2 is 2.07 bits per heavy atom. The second kappa shape index (κ2) is 7.74. The highest BCUT2D eigenvalue weighted by molar-refractivity contribution is 6.20. The molecule has 0 aromatic rings. The molecule has 3 nitrogen and oxygen atoms in total. The Balaban J connectivity index is 3.79. The molecule has 0 N–H and O–H groups in total. The van der Waals surface area contributed by atoms with Crippen molar-refractivity contribution in [3.63, 3.8) is 0 Å². The lowest BCUT2D eigenvalue weighted by Crippen LogP contribution is -2.13. The zero-order chi connectivity index (χ0) is 11.7. The molecule has 0 aliphatic rings. The van der Waals surface area contributed by atoms with Gasteiger partial charge in [-0.2, -0.15) is 0 Å². The third-order valence-corrected chi connectivity index (χ3v) is 1.71. The van der Waals surface area contributed by atoms with E-state index in [1.54, 1.807) is 0 Å². The molecule has 0 spiro atoms. The summed E-state index contributed by atoms with van der Waals surface area (Å²) in [5.74, 6) is -1.16. The Bertz CT molecular complexity index is 287. The summed E-state index contributed by atoms with van der Waals surface area (Å²) in [6, 6.07) is 0. The summed E-state index contributed by atoms with van der Waals surface area (Å²) < 4.78 is 4.83. The molecule has 0 rings (SSSR count). The average molecular weight is 208 g/mol. The van der Waals surface area contributed by atoms with Gasteiger partial charge < -0.3 is 4.74 Å². The van der Waals surface area contributed by atoms with Crippen LogP contribution in [0.2, 0.25) is 0 Å². The van der Waals surface area contributed by atoms with Crippen LogP contribution >= 0.6 is 0 Å². The van der Waals surface area contributed by atoms with Crippen LogP contribution in [0.15, 0.2) is 37.0 Å². The lowest BCUT2D eigenvalue weighted by Gasteiger charge is -2.03. The molecule has 0 aliphatic heterocycles. The third kappa shape index (κ3) is 5.62. The van der Waals surface area contributed by atoms with Crippen LogP contribution in [-0.2, 0) is 14.3 Å². The topological polar surface area (TPSA) is 43.4 Å². The molecule has 0 bridgehead atoms. The van der Waals surface area contributed by atoms with Crippen molar-refractivity contribution in [1.29, 1.82) is 0 Å². The van der Waals surface area contributed by atoms with Gasteiger partial charge in [0.2, 0.25) is 0 Å². The molecule has 3 heteroatoms. The van der Waals surface area contributed by atoms with Crippen LogP contribution in [0.3, 0.4) is 0 Å². The number of ketones is 1. The van der Waals surface area contributed by atoms with E-state index < -0.39 is 11.8 Å². The monoisotopic (exact) mass is 208 g/mol. The van der Waals surface area contributed by atoms with Crippen molar-refractivity contribution in [2.75, 3.05) is 6.61 Å². The molecule has 0 radical (unpaired) electrons. The Hall–Kier alpha value is -1.64. The highest BCUT2D eigenvalue weighted by atomic mass is 16.5. The van der Waals surface area contributed by atoms with Gasteiger partial charge in [0, 0.05) is 0 Å². The van der Waals surface area contributed by atoms with Crippen molar-refractivity contribution in [2.45, 2.75) is 19.8 Å². The smallest absolute Gasteiger partial charge is 0.341 e. The predicted octanol–water partition coefficient (Wildman–Crippen LogP) is 2.20. The largest absolute Gasteiger partial charge is 0.462 e.